The van der Waals surface area contributed by atoms with Crippen LogP contribution in [-0.4, -0.2) is 6.54 Å². The average Bonchev–Trinajstić information content (AvgIpc) is 2.80. The summed E-state index contributed by atoms with van der Waals surface area (Å²) in [5, 5.41) is 3.44. The molecule has 1 nitrogen and oxygen atoms in total. The predicted molar refractivity (Wildman–Crippen MR) is 53.9 cm³/mol. The van der Waals surface area contributed by atoms with Crippen molar-refractivity contribution >= 4 is 0 Å². The molecule has 0 bridgehead atoms. The highest BCUT2D eigenvalue weighted by Gasteiger charge is 2.43. The van der Waals surface area contributed by atoms with Gasteiger partial charge < -0.3 is 5.32 Å². The van der Waals surface area contributed by atoms with Gasteiger partial charge in [-0.1, -0.05) is 27.4 Å². The Morgan fingerprint density at radius 1 is 1.50 bits per heavy atom. The van der Waals surface area contributed by atoms with Crippen LogP contribution in [0.3, 0.4) is 0 Å². The van der Waals surface area contributed by atoms with E-state index in [0.29, 0.717) is 5.41 Å². The first-order valence-electron chi connectivity index (χ1n) is 5.04. The fourth-order valence-corrected chi connectivity index (χ4v) is 1.53. The summed E-state index contributed by atoms with van der Waals surface area (Å²) in [4.78, 5) is 0. The first-order valence-corrected chi connectivity index (χ1v) is 5.04. The average molecular weight is 167 g/mol. The quantitative estimate of drug-likeness (QED) is 0.664. The van der Waals surface area contributed by atoms with Gasteiger partial charge in [0.1, 0.15) is 0 Å². The van der Waals surface area contributed by atoms with Gasteiger partial charge in [-0.25, -0.2) is 0 Å². The molecule has 0 aromatic rings. The Bertz CT molecular complexity index is 166. The Morgan fingerprint density at radius 3 is 2.42 bits per heavy atom. The third kappa shape index (κ3) is 2.02. The van der Waals surface area contributed by atoms with E-state index in [1.807, 2.05) is 0 Å². The molecule has 70 valence electrons. The molecular formula is C11H21N. The van der Waals surface area contributed by atoms with Gasteiger partial charge in [0.2, 0.25) is 0 Å². The van der Waals surface area contributed by atoms with Gasteiger partial charge in [-0.05, 0) is 25.2 Å². The second kappa shape index (κ2) is 3.51. The second-order valence-corrected chi connectivity index (χ2v) is 4.39. The van der Waals surface area contributed by atoms with E-state index in [-0.39, 0.29) is 0 Å². The molecule has 12 heavy (non-hydrogen) atoms. The van der Waals surface area contributed by atoms with E-state index < -0.39 is 0 Å². The SMILES string of the molecule is C=C(NCC(C)C)C1(CC)CC1. The van der Waals surface area contributed by atoms with E-state index >= 15 is 0 Å². The van der Waals surface area contributed by atoms with Crippen LogP contribution in [0.2, 0.25) is 0 Å². The zero-order chi connectivity index (χ0) is 9.19. The van der Waals surface area contributed by atoms with Crippen molar-refractivity contribution < 1.29 is 0 Å². The summed E-state index contributed by atoms with van der Waals surface area (Å²) >= 11 is 0. The highest BCUT2D eigenvalue weighted by molar-refractivity contribution is 5.16. The standard InChI is InChI=1S/C11H21N/c1-5-11(6-7-11)10(4)12-8-9(2)3/h9,12H,4-8H2,1-3H3. The predicted octanol–water partition coefficient (Wildman–Crippen LogP) is 2.94. The topological polar surface area (TPSA) is 12.0 Å². The summed E-state index contributed by atoms with van der Waals surface area (Å²) in [6.45, 7) is 11.9. The van der Waals surface area contributed by atoms with Crippen LogP contribution < -0.4 is 5.32 Å². The molecular weight excluding hydrogens is 146 g/mol. The Kier molecular flexibility index (Phi) is 2.81. The van der Waals surface area contributed by atoms with Crippen molar-refractivity contribution in [2.45, 2.75) is 40.0 Å². The van der Waals surface area contributed by atoms with Crippen LogP contribution in [0.25, 0.3) is 0 Å². The summed E-state index contributed by atoms with van der Waals surface area (Å²) < 4.78 is 0. The van der Waals surface area contributed by atoms with E-state index in [0.717, 1.165) is 12.5 Å². The molecule has 0 atom stereocenters. The van der Waals surface area contributed by atoms with Crippen molar-refractivity contribution in [2.75, 3.05) is 6.54 Å². The van der Waals surface area contributed by atoms with Crippen molar-refractivity contribution in [2.24, 2.45) is 11.3 Å². The Hall–Kier alpha value is -0.460. The zero-order valence-corrected chi connectivity index (χ0v) is 8.61. The second-order valence-electron chi connectivity index (χ2n) is 4.39. The number of hydrogen-bond acceptors (Lipinski definition) is 1. The molecule has 0 radical (unpaired) electrons. The number of hydrogen-bond donors (Lipinski definition) is 1. The summed E-state index contributed by atoms with van der Waals surface area (Å²) in [6, 6.07) is 0. The van der Waals surface area contributed by atoms with Crippen LogP contribution in [0.15, 0.2) is 12.3 Å². The van der Waals surface area contributed by atoms with Crippen LogP contribution in [-0.2, 0) is 0 Å². The molecule has 0 saturated heterocycles. The first kappa shape index (κ1) is 9.63. The zero-order valence-electron chi connectivity index (χ0n) is 8.61. The van der Waals surface area contributed by atoms with Gasteiger partial charge in [0.05, 0.1) is 0 Å². The van der Waals surface area contributed by atoms with Crippen LogP contribution in [0.4, 0.5) is 0 Å². The highest BCUT2D eigenvalue weighted by atomic mass is 14.9. The summed E-state index contributed by atoms with van der Waals surface area (Å²) in [5.74, 6) is 0.717. The molecule has 1 rings (SSSR count). The fraction of sp³-hybridized carbons (Fsp3) is 0.818. The van der Waals surface area contributed by atoms with E-state index in [4.69, 9.17) is 0 Å². The lowest BCUT2D eigenvalue weighted by Gasteiger charge is -2.19. The molecule has 0 aromatic heterocycles. The van der Waals surface area contributed by atoms with Crippen LogP contribution in [0, 0.1) is 11.3 Å². The third-order valence-corrected chi connectivity index (χ3v) is 2.89. The minimum atomic E-state index is 0.481. The van der Waals surface area contributed by atoms with Crippen molar-refractivity contribution in [3.63, 3.8) is 0 Å². The molecule has 1 heteroatoms. The van der Waals surface area contributed by atoms with Crippen molar-refractivity contribution in [1.29, 1.82) is 0 Å². The lowest BCUT2D eigenvalue weighted by molar-refractivity contribution is 0.499. The van der Waals surface area contributed by atoms with Gasteiger partial charge in [0.15, 0.2) is 0 Å². The van der Waals surface area contributed by atoms with Gasteiger partial charge in [-0.3, -0.25) is 0 Å². The summed E-state index contributed by atoms with van der Waals surface area (Å²) in [5.41, 5.74) is 1.76. The highest BCUT2D eigenvalue weighted by Crippen LogP contribution is 2.52. The van der Waals surface area contributed by atoms with Gasteiger partial charge in [0.25, 0.3) is 0 Å². The van der Waals surface area contributed by atoms with E-state index in [1.165, 1.54) is 25.0 Å². The molecule has 0 unspecified atom stereocenters. The van der Waals surface area contributed by atoms with E-state index in [1.54, 1.807) is 0 Å². The van der Waals surface area contributed by atoms with Gasteiger partial charge >= 0.3 is 0 Å². The van der Waals surface area contributed by atoms with Gasteiger partial charge in [-0.15, -0.1) is 0 Å². The Morgan fingerprint density at radius 2 is 2.08 bits per heavy atom. The van der Waals surface area contributed by atoms with Crippen molar-refractivity contribution in [3.8, 4) is 0 Å². The van der Waals surface area contributed by atoms with Crippen molar-refractivity contribution in [3.05, 3.63) is 12.3 Å². The number of allylic oxidation sites excluding steroid dienone is 1. The molecule has 1 saturated carbocycles. The number of nitrogens with one attached hydrogen (secondary N) is 1. The molecule has 1 fully saturated rings. The molecule has 0 amide bonds. The minimum Gasteiger partial charge on any atom is -0.388 e. The molecule has 0 heterocycles. The van der Waals surface area contributed by atoms with Crippen LogP contribution in [0.1, 0.15) is 40.0 Å². The maximum Gasteiger partial charge on any atom is 0.0167 e. The number of rotatable bonds is 5. The molecule has 1 aliphatic rings. The Balaban J connectivity index is 2.29. The maximum atomic E-state index is 4.12. The molecule has 0 spiro atoms. The third-order valence-electron chi connectivity index (χ3n) is 2.89. The first-order chi connectivity index (χ1) is 5.60. The normalized spacial score (nSPS) is 19.3. The lowest BCUT2D eigenvalue weighted by Crippen LogP contribution is -2.24. The summed E-state index contributed by atoms with van der Waals surface area (Å²) in [7, 11) is 0. The van der Waals surface area contributed by atoms with Gasteiger partial charge in [0, 0.05) is 17.7 Å². The maximum absolute atomic E-state index is 4.12. The molecule has 0 aliphatic heterocycles. The van der Waals surface area contributed by atoms with Crippen LogP contribution >= 0.6 is 0 Å². The smallest absolute Gasteiger partial charge is 0.0167 e. The van der Waals surface area contributed by atoms with E-state index in [2.05, 4.69) is 32.7 Å². The van der Waals surface area contributed by atoms with Crippen molar-refractivity contribution in [1.82, 2.24) is 5.32 Å². The molecule has 0 aromatic carbocycles. The van der Waals surface area contributed by atoms with E-state index in [9.17, 15) is 0 Å². The Labute approximate surface area is 76.2 Å². The lowest BCUT2D eigenvalue weighted by atomic mass is 10.00. The van der Waals surface area contributed by atoms with Crippen LogP contribution in [0.5, 0.6) is 0 Å². The molecule has 1 N–H and O–H groups in total. The fourth-order valence-electron chi connectivity index (χ4n) is 1.53. The van der Waals surface area contributed by atoms with Gasteiger partial charge in [-0.2, -0.15) is 0 Å². The largest absolute Gasteiger partial charge is 0.388 e. The molecule has 1 aliphatic carbocycles. The summed E-state index contributed by atoms with van der Waals surface area (Å²) in [6.07, 6.45) is 3.93. The minimum absolute atomic E-state index is 0.481. The monoisotopic (exact) mass is 167 g/mol.